The van der Waals surface area contributed by atoms with Crippen molar-refractivity contribution in [1.82, 2.24) is 10.2 Å². The number of nitrogens with zero attached hydrogens (tertiary/aromatic N) is 2. The number of rotatable bonds is 12. The molecule has 10 heteroatoms. The molecule has 0 fully saturated rings. The van der Waals surface area contributed by atoms with E-state index >= 15 is 0 Å². The molecule has 0 aromatic heterocycles. The predicted molar refractivity (Wildman–Crippen MR) is 156 cm³/mol. The zero-order valence-corrected chi connectivity index (χ0v) is 24.7. The first-order chi connectivity index (χ1) is 19.0. The molecule has 0 spiro atoms. The zero-order valence-electron chi connectivity index (χ0n) is 23.1. The Morgan fingerprint density at radius 3 is 2.08 bits per heavy atom. The van der Waals surface area contributed by atoms with Crippen molar-refractivity contribution in [3.63, 3.8) is 0 Å². The van der Waals surface area contributed by atoms with Gasteiger partial charge in [0.1, 0.15) is 18.4 Å². The maximum atomic E-state index is 14.0. The minimum atomic E-state index is -4.17. The summed E-state index contributed by atoms with van der Waals surface area (Å²) < 4.78 is 42.3. The molecule has 7 nitrogen and oxygen atoms in total. The minimum Gasteiger partial charge on any atom is -0.352 e. The largest absolute Gasteiger partial charge is 0.352 e. The molecule has 40 heavy (non-hydrogen) atoms. The van der Waals surface area contributed by atoms with Crippen molar-refractivity contribution >= 4 is 39.1 Å². The molecule has 0 heterocycles. The maximum Gasteiger partial charge on any atom is 0.264 e. The average Bonchev–Trinajstić information content (AvgIpc) is 2.93. The highest BCUT2D eigenvalue weighted by Gasteiger charge is 2.34. The molecule has 0 saturated carbocycles. The Hall–Kier alpha value is -3.43. The number of anilines is 1. The Bertz CT molecular complexity index is 1400. The monoisotopic (exact) mass is 587 g/mol. The van der Waals surface area contributed by atoms with Crippen LogP contribution in [0.1, 0.15) is 44.7 Å². The van der Waals surface area contributed by atoms with Gasteiger partial charge in [-0.1, -0.05) is 55.3 Å². The Balaban J connectivity index is 2.04. The Morgan fingerprint density at radius 1 is 0.925 bits per heavy atom. The van der Waals surface area contributed by atoms with Crippen LogP contribution in [0.2, 0.25) is 5.02 Å². The number of nitrogens with one attached hydrogen (secondary N) is 1. The SMILES string of the molecule is CC[C@H](C)NC(=O)[C@H](CC)N(Cc1ccc(F)cc1)C(=O)CN(c1ccc(Cl)cc1)S(=O)(=O)c1ccc(C)cc1. The summed E-state index contributed by atoms with van der Waals surface area (Å²) in [6.45, 7) is 6.86. The number of benzene rings is 3. The molecule has 0 radical (unpaired) electrons. The van der Waals surface area contributed by atoms with Crippen molar-refractivity contribution in [2.24, 2.45) is 0 Å². The second-order valence-corrected chi connectivity index (χ2v) is 12.0. The third-order valence-electron chi connectivity index (χ3n) is 6.66. The smallest absolute Gasteiger partial charge is 0.264 e. The summed E-state index contributed by atoms with van der Waals surface area (Å²) in [5.74, 6) is -1.35. The fraction of sp³-hybridized carbons (Fsp3) is 0.333. The summed E-state index contributed by atoms with van der Waals surface area (Å²) in [7, 11) is -4.17. The van der Waals surface area contributed by atoms with Crippen LogP contribution in [-0.4, -0.2) is 43.8 Å². The van der Waals surface area contributed by atoms with Crippen LogP contribution >= 0.6 is 11.6 Å². The van der Waals surface area contributed by atoms with E-state index in [9.17, 15) is 22.4 Å². The molecule has 0 bridgehead atoms. The average molecular weight is 588 g/mol. The van der Waals surface area contributed by atoms with Gasteiger partial charge in [0, 0.05) is 17.6 Å². The lowest BCUT2D eigenvalue weighted by Crippen LogP contribution is -2.53. The molecule has 0 aliphatic carbocycles. The number of carbonyl (C=O) groups is 2. The van der Waals surface area contributed by atoms with Crippen LogP contribution in [0.4, 0.5) is 10.1 Å². The highest BCUT2D eigenvalue weighted by Crippen LogP contribution is 2.26. The summed E-state index contributed by atoms with van der Waals surface area (Å²) in [6, 6.07) is 17.1. The summed E-state index contributed by atoms with van der Waals surface area (Å²) in [4.78, 5) is 28.6. The third-order valence-corrected chi connectivity index (χ3v) is 8.70. The second-order valence-electron chi connectivity index (χ2n) is 9.69. The lowest BCUT2D eigenvalue weighted by atomic mass is 10.1. The third kappa shape index (κ3) is 7.82. The number of sulfonamides is 1. The molecule has 3 rings (SSSR count). The van der Waals surface area contributed by atoms with Gasteiger partial charge in [0.15, 0.2) is 0 Å². The number of hydrogen-bond donors (Lipinski definition) is 1. The van der Waals surface area contributed by atoms with Gasteiger partial charge in [-0.25, -0.2) is 12.8 Å². The molecular weight excluding hydrogens is 553 g/mol. The first-order valence-electron chi connectivity index (χ1n) is 13.2. The van der Waals surface area contributed by atoms with E-state index in [1.807, 2.05) is 20.8 Å². The van der Waals surface area contributed by atoms with Crippen molar-refractivity contribution in [1.29, 1.82) is 0 Å². The highest BCUT2D eigenvalue weighted by molar-refractivity contribution is 7.92. The molecule has 1 N–H and O–H groups in total. The number of carbonyl (C=O) groups excluding carboxylic acids is 2. The summed E-state index contributed by atoms with van der Waals surface area (Å²) in [5, 5.41) is 3.33. The van der Waals surface area contributed by atoms with E-state index in [4.69, 9.17) is 11.6 Å². The highest BCUT2D eigenvalue weighted by atomic mass is 35.5. The molecule has 0 aliphatic rings. The van der Waals surface area contributed by atoms with Gasteiger partial charge in [-0.05, 0) is 80.8 Å². The molecule has 2 atom stereocenters. The van der Waals surface area contributed by atoms with E-state index in [1.165, 1.54) is 53.4 Å². The van der Waals surface area contributed by atoms with Crippen LogP contribution in [0.25, 0.3) is 0 Å². The van der Waals surface area contributed by atoms with Crippen LogP contribution in [0.5, 0.6) is 0 Å². The topological polar surface area (TPSA) is 86.8 Å². The zero-order chi connectivity index (χ0) is 29.4. The van der Waals surface area contributed by atoms with Crippen LogP contribution < -0.4 is 9.62 Å². The maximum absolute atomic E-state index is 14.0. The lowest BCUT2D eigenvalue weighted by molar-refractivity contribution is -0.140. The van der Waals surface area contributed by atoms with Crippen LogP contribution in [-0.2, 0) is 26.2 Å². The van der Waals surface area contributed by atoms with E-state index < -0.39 is 34.3 Å². The van der Waals surface area contributed by atoms with Gasteiger partial charge >= 0.3 is 0 Å². The molecule has 0 saturated heterocycles. The van der Waals surface area contributed by atoms with Gasteiger partial charge in [-0.15, -0.1) is 0 Å². The van der Waals surface area contributed by atoms with Gasteiger partial charge in [0.2, 0.25) is 11.8 Å². The van der Waals surface area contributed by atoms with Gasteiger partial charge in [0.25, 0.3) is 10.0 Å². The van der Waals surface area contributed by atoms with Crippen molar-refractivity contribution in [3.8, 4) is 0 Å². The summed E-state index contributed by atoms with van der Waals surface area (Å²) in [5.41, 5.74) is 1.73. The van der Waals surface area contributed by atoms with Gasteiger partial charge in [-0.3, -0.25) is 13.9 Å². The van der Waals surface area contributed by atoms with E-state index in [-0.39, 0.29) is 29.1 Å². The molecule has 3 aromatic rings. The van der Waals surface area contributed by atoms with E-state index in [0.29, 0.717) is 23.4 Å². The first-order valence-corrected chi connectivity index (χ1v) is 15.0. The van der Waals surface area contributed by atoms with Gasteiger partial charge in [0.05, 0.1) is 10.6 Å². The standard InChI is InChI=1S/C30H35ClFN3O4S/c1-5-22(4)33-30(37)28(6-2)34(19-23-9-13-25(32)14-10-23)29(36)20-35(26-15-11-24(31)12-16-26)40(38,39)27-17-7-21(3)8-18-27/h7-18,22,28H,5-6,19-20H2,1-4H3,(H,33,37)/t22-,28-/m0/s1. The van der Waals surface area contributed by atoms with Crippen molar-refractivity contribution in [2.75, 3.05) is 10.8 Å². The molecule has 0 aliphatic heterocycles. The number of halogens is 2. The normalized spacial score (nSPS) is 12.8. The van der Waals surface area contributed by atoms with E-state index in [1.54, 1.807) is 31.2 Å². The Kier molecular flexibility index (Phi) is 10.7. The molecular formula is C30H35ClFN3O4S. The number of hydrogen-bond acceptors (Lipinski definition) is 4. The molecule has 214 valence electrons. The number of aryl methyl sites for hydroxylation is 1. The van der Waals surface area contributed by atoms with Crippen molar-refractivity contribution in [2.45, 2.75) is 64.1 Å². The van der Waals surface area contributed by atoms with Gasteiger partial charge in [-0.2, -0.15) is 0 Å². The second kappa shape index (κ2) is 13.8. The fourth-order valence-corrected chi connectivity index (χ4v) is 5.66. The van der Waals surface area contributed by atoms with E-state index in [0.717, 1.165) is 9.87 Å². The van der Waals surface area contributed by atoms with Crippen LogP contribution in [0.15, 0.2) is 77.7 Å². The lowest BCUT2D eigenvalue weighted by Gasteiger charge is -2.33. The molecule has 0 unspecified atom stereocenters. The molecule has 3 aromatic carbocycles. The predicted octanol–water partition coefficient (Wildman–Crippen LogP) is 5.70. The summed E-state index contributed by atoms with van der Waals surface area (Å²) in [6.07, 6.45) is 0.994. The van der Waals surface area contributed by atoms with Crippen molar-refractivity contribution in [3.05, 3.63) is 94.8 Å². The Morgan fingerprint density at radius 2 is 1.52 bits per heavy atom. The Labute approximate surface area is 241 Å². The van der Waals surface area contributed by atoms with Gasteiger partial charge < -0.3 is 10.2 Å². The van der Waals surface area contributed by atoms with E-state index in [2.05, 4.69) is 5.32 Å². The first kappa shape index (κ1) is 31.1. The van der Waals surface area contributed by atoms with Crippen LogP contribution in [0, 0.1) is 12.7 Å². The minimum absolute atomic E-state index is 0.00934. The number of amides is 2. The van der Waals surface area contributed by atoms with Crippen LogP contribution in [0.3, 0.4) is 0 Å². The fourth-order valence-electron chi connectivity index (χ4n) is 4.12. The molecule has 2 amide bonds. The summed E-state index contributed by atoms with van der Waals surface area (Å²) >= 11 is 6.06. The quantitative estimate of drug-likeness (QED) is 0.294. The van der Waals surface area contributed by atoms with Crippen molar-refractivity contribution < 1.29 is 22.4 Å².